The lowest BCUT2D eigenvalue weighted by Crippen LogP contribution is -2.47. The molecule has 0 heterocycles. The van der Waals surface area contributed by atoms with Crippen molar-refractivity contribution in [2.75, 3.05) is 6.54 Å². The van der Waals surface area contributed by atoms with Crippen LogP contribution < -0.4 is 11.1 Å². The van der Waals surface area contributed by atoms with Gasteiger partial charge in [0.1, 0.15) is 12.1 Å². The molecule has 0 aliphatic heterocycles. The molecule has 0 bridgehead atoms. The molecule has 1 atom stereocenters. The maximum Gasteiger partial charge on any atom is 0.123 e. The number of thiocarbonyl (C=S) groups is 1. The minimum absolute atomic E-state index is 0.0274. The Kier molecular flexibility index (Phi) is 6.47. The van der Waals surface area contributed by atoms with Gasteiger partial charge >= 0.3 is 0 Å². The van der Waals surface area contributed by atoms with Crippen LogP contribution in [0.5, 0.6) is 0 Å². The first kappa shape index (κ1) is 19.0. The molecule has 2 rings (SSSR count). The molecule has 24 heavy (non-hydrogen) atoms. The van der Waals surface area contributed by atoms with Crippen LogP contribution in [0.3, 0.4) is 0 Å². The van der Waals surface area contributed by atoms with Crippen molar-refractivity contribution in [3.05, 3.63) is 35.6 Å². The molecule has 3 N–H and O–H groups in total. The highest BCUT2D eigenvalue weighted by atomic mass is 32.1. The topological polar surface area (TPSA) is 55.1 Å². The third-order valence-electron chi connectivity index (χ3n) is 5.25. The van der Waals surface area contributed by atoms with Gasteiger partial charge in [-0.25, -0.2) is 4.39 Å². The summed E-state index contributed by atoms with van der Waals surface area (Å²) in [7, 11) is 0. The highest BCUT2D eigenvalue weighted by Gasteiger charge is 2.28. The van der Waals surface area contributed by atoms with E-state index in [0.717, 1.165) is 37.5 Å². The normalized spacial score (nSPS) is 22.7. The van der Waals surface area contributed by atoms with Crippen LogP contribution in [-0.2, 0) is 10.2 Å². The summed E-state index contributed by atoms with van der Waals surface area (Å²) < 4.78 is 13.1. The maximum atomic E-state index is 13.1. The predicted octanol–water partition coefficient (Wildman–Crippen LogP) is 3.35. The van der Waals surface area contributed by atoms with Crippen molar-refractivity contribution in [1.29, 1.82) is 0 Å². The van der Waals surface area contributed by atoms with E-state index in [9.17, 15) is 9.18 Å². The Labute approximate surface area is 149 Å². The molecular weight excluding hydrogens is 323 g/mol. The number of rotatable bonds is 6. The van der Waals surface area contributed by atoms with E-state index in [1.807, 2.05) is 13.8 Å². The van der Waals surface area contributed by atoms with Gasteiger partial charge in [0.25, 0.3) is 0 Å². The number of aldehydes is 1. The van der Waals surface area contributed by atoms with Gasteiger partial charge < -0.3 is 15.8 Å². The van der Waals surface area contributed by atoms with Gasteiger partial charge in [0.05, 0.1) is 4.99 Å². The van der Waals surface area contributed by atoms with E-state index in [-0.39, 0.29) is 23.2 Å². The van der Waals surface area contributed by atoms with Crippen LogP contribution in [0.2, 0.25) is 0 Å². The van der Waals surface area contributed by atoms with E-state index in [0.29, 0.717) is 17.5 Å². The Morgan fingerprint density at radius 1 is 1.33 bits per heavy atom. The summed E-state index contributed by atoms with van der Waals surface area (Å²) in [5.41, 5.74) is 6.92. The third kappa shape index (κ3) is 4.61. The molecule has 132 valence electrons. The van der Waals surface area contributed by atoms with Gasteiger partial charge in [0, 0.05) is 23.9 Å². The minimum atomic E-state index is -0.377. The van der Waals surface area contributed by atoms with Crippen molar-refractivity contribution in [2.45, 2.75) is 51.0 Å². The Morgan fingerprint density at radius 2 is 1.92 bits per heavy atom. The van der Waals surface area contributed by atoms with Crippen LogP contribution in [0.15, 0.2) is 24.3 Å². The zero-order valence-corrected chi connectivity index (χ0v) is 15.2. The van der Waals surface area contributed by atoms with Gasteiger partial charge in [-0.3, -0.25) is 0 Å². The fourth-order valence-corrected chi connectivity index (χ4v) is 3.51. The molecular formula is C19H27FN2OS. The molecule has 0 spiro atoms. The zero-order valence-electron chi connectivity index (χ0n) is 14.4. The van der Waals surface area contributed by atoms with Gasteiger partial charge in [0.2, 0.25) is 0 Å². The van der Waals surface area contributed by atoms with E-state index in [1.54, 1.807) is 12.1 Å². The lowest BCUT2D eigenvalue weighted by atomic mass is 9.79. The molecule has 5 heteroatoms. The maximum absolute atomic E-state index is 13.1. The summed E-state index contributed by atoms with van der Waals surface area (Å²) in [5.74, 6) is 0.395. The molecule has 1 aromatic rings. The molecule has 0 aromatic heterocycles. The predicted molar refractivity (Wildman–Crippen MR) is 99.5 cm³/mol. The number of nitrogens with one attached hydrogen (secondary N) is 1. The van der Waals surface area contributed by atoms with Gasteiger partial charge in [-0.15, -0.1) is 0 Å². The largest absolute Gasteiger partial charge is 0.377 e. The molecule has 0 saturated heterocycles. The first-order chi connectivity index (χ1) is 11.3. The van der Waals surface area contributed by atoms with Crippen molar-refractivity contribution in [3.8, 4) is 0 Å². The Balaban J connectivity index is 1.87. The average molecular weight is 351 g/mol. The third-order valence-corrected chi connectivity index (χ3v) is 5.90. The minimum Gasteiger partial charge on any atom is -0.377 e. The van der Waals surface area contributed by atoms with Crippen molar-refractivity contribution in [3.63, 3.8) is 0 Å². The number of carbonyl (C=O) groups excluding carboxylic acids is 1. The highest BCUT2D eigenvalue weighted by molar-refractivity contribution is 7.80. The van der Waals surface area contributed by atoms with Gasteiger partial charge in [0.15, 0.2) is 0 Å². The van der Waals surface area contributed by atoms with E-state index in [2.05, 4.69) is 5.32 Å². The van der Waals surface area contributed by atoms with Crippen LogP contribution in [0.25, 0.3) is 0 Å². The van der Waals surface area contributed by atoms with Crippen molar-refractivity contribution >= 4 is 23.5 Å². The number of hydrogen-bond acceptors (Lipinski definition) is 3. The van der Waals surface area contributed by atoms with Crippen molar-refractivity contribution < 1.29 is 9.18 Å². The second kappa shape index (κ2) is 8.17. The van der Waals surface area contributed by atoms with Crippen LogP contribution >= 0.6 is 12.2 Å². The summed E-state index contributed by atoms with van der Waals surface area (Å²) in [6.07, 6.45) is 4.95. The van der Waals surface area contributed by atoms with Crippen molar-refractivity contribution in [2.24, 2.45) is 17.6 Å². The summed E-state index contributed by atoms with van der Waals surface area (Å²) in [6.45, 7) is 4.67. The lowest BCUT2D eigenvalue weighted by molar-refractivity contribution is -0.112. The SMILES string of the molecule is CC(C)(C(=S)NCC(N)C1CCC(C=O)CC1)c1ccc(F)cc1. The molecule has 3 nitrogen and oxygen atoms in total. The summed E-state index contributed by atoms with van der Waals surface area (Å²) in [6, 6.07) is 6.47. The average Bonchev–Trinajstić information content (AvgIpc) is 2.59. The fraction of sp³-hybridized carbons (Fsp3) is 0.579. The first-order valence-corrected chi connectivity index (χ1v) is 9.00. The molecule has 1 aliphatic rings. The van der Waals surface area contributed by atoms with E-state index >= 15 is 0 Å². The number of halogens is 1. The van der Waals surface area contributed by atoms with Crippen molar-refractivity contribution in [1.82, 2.24) is 5.32 Å². The zero-order chi connectivity index (χ0) is 17.7. The molecule has 1 fully saturated rings. The van der Waals surface area contributed by atoms with Gasteiger partial charge in [-0.05, 0) is 63.1 Å². The molecule has 1 aliphatic carbocycles. The molecule has 1 unspecified atom stereocenters. The molecule has 1 aromatic carbocycles. The van der Waals surface area contributed by atoms with E-state index < -0.39 is 0 Å². The van der Waals surface area contributed by atoms with Crippen LogP contribution in [0.1, 0.15) is 45.1 Å². The van der Waals surface area contributed by atoms with Crippen LogP contribution in [-0.4, -0.2) is 23.9 Å². The molecule has 0 amide bonds. The fourth-order valence-electron chi connectivity index (χ4n) is 3.31. The number of nitrogens with two attached hydrogens (primary N) is 1. The Morgan fingerprint density at radius 3 is 2.46 bits per heavy atom. The van der Waals surface area contributed by atoms with E-state index in [1.165, 1.54) is 12.1 Å². The summed E-state index contributed by atoms with van der Waals surface area (Å²) >= 11 is 5.56. The number of carbonyl (C=O) groups is 1. The first-order valence-electron chi connectivity index (χ1n) is 8.59. The smallest absolute Gasteiger partial charge is 0.123 e. The summed E-state index contributed by atoms with van der Waals surface area (Å²) in [4.78, 5) is 11.5. The second-order valence-corrected chi connectivity index (χ2v) is 7.72. The van der Waals surface area contributed by atoms with Gasteiger partial charge in [-0.2, -0.15) is 0 Å². The van der Waals surface area contributed by atoms with Crippen LogP contribution in [0.4, 0.5) is 4.39 Å². The summed E-state index contributed by atoms with van der Waals surface area (Å²) in [5, 5.41) is 3.30. The second-order valence-electron chi connectivity index (χ2n) is 7.32. The molecule has 1 saturated carbocycles. The monoisotopic (exact) mass is 350 g/mol. The van der Waals surface area contributed by atoms with Gasteiger partial charge in [-0.1, -0.05) is 24.4 Å². The molecule has 0 radical (unpaired) electrons. The Hall–Kier alpha value is -1.33. The Bertz CT molecular complexity index is 565. The quantitative estimate of drug-likeness (QED) is 0.610. The standard InChI is InChI=1S/C19H27FN2OS/c1-19(2,15-7-9-16(20)10-8-15)18(24)22-11-17(21)14-5-3-13(12-23)4-6-14/h7-10,12-14,17H,3-6,11,21H2,1-2H3,(H,22,24). The lowest BCUT2D eigenvalue weighted by Gasteiger charge is -2.32. The van der Waals surface area contributed by atoms with E-state index in [4.69, 9.17) is 18.0 Å². The number of hydrogen-bond donors (Lipinski definition) is 2. The van der Waals surface area contributed by atoms with Crippen LogP contribution in [0, 0.1) is 17.7 Å². The highest BCUT2D eigenvalue weighted by Crippen LogP contribution is 2.29. The number of benzene rings is 1.